The molecule has 0 aliphatic carbocycles. The molecule has 0 fully saturated rings. The normalized spacial score (nSPS) is 10.8. The summed E-state index contributed by atoms with van der Waals surface area (Å²) >= 11 is 21.5. The van der Waals surface area contributed by atoms with Crippen molar-refractivity contribution in [3.8, 4) is 5.82 Å². The Morgan fingerprint density at radius 2 is 1.90 bits per heavy atom. The Balaban J connectivity index is 2.05. The van der Waals surface area contributed by atoms with Crippen LogP contribution in [-0.2, 0) is 0 Å². The molecule has 0 aliphatic rings. The van der Waals surface area contributed by atoms with Gasteiger partial charge < -0.3 is 5.32 Å². The van der Waals surface area contributed by atoms with Gasteiger partial charge in [0.1, 0.15) is 10.3 Å². The average Bonchev–Trinajstić information content (AvgIpc) is 3.10. The minimum Gasteiger partial charge on any atom is -0.320 e. The number of carbonyl (C=O) groups is 2. The van der Waals surface area contributed by atoms with Gasteiger partial charge in [-0.1, -0.05) is 34.8 Å². The fraction of sp³-hybridized carbons (Fsp3) is 0.158. The van der Waals surface area contributed by atoms with Gasteiger partial charge in [-0.2, -0.15) is 5.10 Å². The molecule has 31 heavy (non-hydrogen) atoms. The molecule has 0 bridgehead atoms. The summed E-state index contributed by atoms with van der Waals surface area (Å²) in [5.74, 6) is -1.11. The molecule has 3 rings (SSSR count). The summed E-state index contributed by atoms with van der Waals surface area (Å²) < 4.78 is 1.61. The SMILES string of the molecule is CCN(O)C(=O)c1cc(Cl)cc(C)c1NC(=O)c1cc(Br)nn1-c1ncc(Cl)cc1Cl. The Labute approximate surface area is 200 Å². The highest BCUT2D eigenvalue weighted by Crippen LogP contribution is 2.29. The predicted octanol–water partition coefficient (Wildman–Crippen LogP) is 5.40. The fourth-order valence-corrected chi connectivity index (χ4v) is 3.88. The summed E-state index contributed by atoms with van der Waals surface area (Å²) in [5.41, 5.74) is 0.857. The number of rotatable bonds is 5. The Hall–Kier alpha value is -2.17. The lowest BCUT2D eigenvalue weighted by molar-refractivity contribution is -0.0540. The number of pyridine rings is 1. The molecule has 2 aromatic heterocycles. The molecule has 0 radical (unpaired) electrons. The Morgan fingerprint density at radius 3 is 2.55 bits per heavy atom. The van der Waals surface area contributed by atoms with Crippen molar-refractivity contribution in [1.82, 2.24) is 19.8 Å². The number of aromatic nitrogens is 3. The van der Waals surface area contributed by atoms with E-state index in [1.165, 1.54) is 29.1 Å². The highest BCUT2D eigenvalue weighted by Gasteiger charge is 2.24. The van der Waals surface area contributed by atoms with Gasteiger partial charge in [0.05, 0.1) is 21.3 Å². The van der Waals surface area contributed by atoms with Gasteiger partial charge in [0.15, 0.2) is 5.82 Å². The van der Waals surface area contributed by atoms with Crippen LogP contribution in [0.2, 0.25) is 15.1 Å². The van der Waals surface area contributed by atoms with Crippen LogP contribution in [0.15, 0.2) is 35.1 Å². The van der Waals surface area contributed by atoms with Crippen LogP contribution in [-0.4, -0.2) is 43.4 Å². The number of hydroxylamine groups is 2. The maximum Gasteiger partial charge on any atom is 0.279 e. The zero-order chi connectivity index (χ0) is 22.9. The van der Waals surface area contributed by atoms with Gasteiger partial charge >= 0.3 is 0 Å². The Kier molecular flexibility index (Phi) is 7.23. The second-order valence-electron chi connectivity index (χ2n) is 6.34. The molecule has 2 N–H and O–H groups in total. The third-order valence-corrected chi connectivity index (χ3v) is 5.29. The minimum atomic E-state index is -0.708. The number of anilines is 1. The summed E-state index contributed by atoms with van der Waals surface area (Å²) in [6, 6.07) is 5.91. The number of hydrogen-bond donors (Lipinski definition) is 2. The van der Waals surface area contributed by atoms with Crippen molar-refractivity contribution in [3.63, 3.8) is 0 Å². The number of aryl methyl sites for hydroxylation is 1. The Bertz CT molecular complexity index is 1180. The molecule has 2 amide bonds. The van der Waals surface area contributed by atoms with Gasteiger partial charge in [0.2, 0.25) is 0 Å². The molecule has 8 nitrogen and oxygen atoms in total. The average molecular weight is 548 g/mol. The van der Waals surface area contributed by atoms with E-state index in [9.17, 15) is 14.8 Å². The lowest BCUT2D eigenvalue weighted by atomic mass is 10.1. The number of hydrogen-bond acceptors (Lipinski definition) is 5. The van der Waals surface area contributed by atoms with Gasteiger partial charge in [0.25, 0.3) is 11.8 Å². The first-order chi connectivity index (χ1) is 14.6. The number of benzene rings is 1. The second-order valence-corrected chi connectivity index (χ2v) is 8.44. The topological polar surface area (TPSA) is 100 Å². The number of nitrogens with zero attached hydrogens (tertiary/aromatic N) is 4. The summed E-state index contributed by atoms with van der Waals surface area (Å²) in [6.45, 7) is 3.33. The predicted molar refractivity (Wildman–Crippen MR) is 122 cm³/mol. The van der Waals surface area contributed by atoms with E-state index >= 15 is 0 Å². The summed E-state index contributed by atoms with van der Waals surface area (Å²) in [7, 11) is 0. The maximum absolute atomic E-state index is 13.1. The van der Waals surface area contributed by atoms with Crippen molar-refractivity contribution in [3.05, 3.63) is 67.0 Å². The highest BCUT2D eigenvalue weighted by molar-refractivity contribution is 9.10. The van der Waals surface area contributed by atoms with Crippen molar-refractivity contribution in [2.75, 3.05) is 11.9 Å². The molecule has 0 aliphatic heterocycles. The standard InChI is InChI=1S/C19H15BrCl3N5O3/c1-3-27(31)19(30)12-5-10(21)4-9(2)16(12)25-18(29)14-7-15(20)26-28(14)17-13(23)6-11(22)8-24-17/h4-8,31H,3H2,1-2H3,(H,25,29). The van der Waals surface area contributed by atoms with Crippen molar-refractivity contribution in [2.45, 2.75) is 13.8 Å². The molecular formula is C19H15BrCl3N5O3. The third-order valence-electron chi connectivity index (χ3n) is 4.20. The smallest absolute Gasteiger partial charge is 0.279 e. The van der Waals surface area contributed by atoms with E-state index < -0.39 is 11.8 Å². The first-order valence-electron chi connectivity index (χ1n) is 8.81. The molecule has 2 heterocycles. The molecule has 0 saturated heterocycles. The number of halogens is 4. The number of carbonyl (C=O) groups excluding carboxylic acids is 2. The molecule has 0 unspecified atom stereocenters. The second kappa shape index (κ2) is 9.54. The summed E-state index contributed by atoms with van der Waals surface area (Å²) in [5, 5.41) is 18.1. The lowest BCUT2D eigenvalue weighted by Crippen LogP contribution is -2.29. The van der Waals surface area contributed by atoms with E-state index in [1.54, 1.807) is 19.9 Å². The van der Waals surface area contributed by atoms with Crippen molar-refractivity contribution in [1.29, 1.82) is 0 Å². The quantitative estimate of drug-likeness (QED) is 0.329. The van der Waals surface area contributed by atoms with Crippen molar-refractivity contribution < 1.29 is 14.8 Å². The van der Waals surface area contributed by atoms with E-state index in [4.69, 9.17) is 34.8 Å². The van der Waals surface area contributed by atoms with E-state index in [-0.39, 0.29) is 39.4 Å². The van der Waals surface area contributed by atoms with Gasteiger partial charge in [-0.15, -0.1) is 0 Å². The van der Waals surface area contributed by atoms with Crippen LogP contribution in [0.3, 0.4) is 0 Å². The monoisotopic (exact) mass is 545 g/mol. The molecule has 0 atom stereocenters. The summed E-state index contributed by atoms with van der Waals surface area (Å²) in [4.78, 5) is 29.9. The van der Waals surface area contributed by atoms with Gasteiger partial charge in [-0.05, 0) is 53.5 Å². The fourth-order valence-electron chi connectivity index (χ4n) is 2.78. The van der Waals surface area contributed by atoms with E-state index in [2.05, 4.69) is 31.3 Å². The molecule has 162 valence electrons. The largest absolute Gasteiger partial charge is 0.320 e. The van der Waals surface area contributed by atoms with Crippen LogP contribution in [0.1, 0.15) is 33.3 Å². The first kappa shape index (κ1) is 23.5. The van der Waals surface area contributed by atoms with Crippen LogP contribution < -0.4 is 5.32 Å². The molecule has 0 spiro atoms. The first-order valence-corrected chi connectivity index (χ1v) is 10.7. The van der Waals surface area contributed by atoms with Crippen LogP contribution in [0.5, 0.6) is 0 Å². The molecule has 1 aromatic carbocycles. The zero-order valence-corrected chi connectivity index (χ0v) is 20.0. The van der Waals surface area contributed by atoms with Crippen molar-refractivity contribution in [2.24, 2.45) is 0 Å². The van der Waals surface area contributed by atoms with E-state index in [0.717, 1.165) is 0 Å². The van der Waals surface area contributed by atoms with Gasteiger partial charge in [-0.3, -0.25) is 14.8 Å². The summed E-state index contributed by atoms with van der Waals surface area (Å²) in [6.07, 6.45) is 1.38. The van der Waals surface area contributed by atoms with Gasteiger partial charge in [0, 0.05) is 23.8 Å². The number of nitrogens with one attached hydrogen (secondary N) is 1. The van der Waals surface area contributed by atoms with Crippen molar-refractivity contribution >= 4 is 68.2 Å². The van der Waals surface area contributed by atoms with Gasteiger partial charge in [-0.25, -0.2) is 14.7 Å². The Morgan fingerprint density at radius 1 is 1.19 bits per heavy atom. The molecular weight excluding hydrogens is 533 g/mol. The van der Waals surface area contributed by atoms with Crippen LogP contribution in [0.4, 0.5) is 5.69 Å². The molecule has 3 aromatic rings. The van der Waals surface area contributed by atoms with Crippen LogP contribution in [0.25, 0.3) is 5.82 Å². The minimum absolute atomic E-state index is 0.0375. The van der Waals surface area contributed by atoms with E-state index in [1.807, 2.05) is 0 Å². The lowest BCUT2D eigenvalue weighted by Gasteiger charge is -2.18. The van der Waals surface area contributed by atoms with E-state index in [0.29, 0.717) is 20.3 Å². The highest BCUT2D eigenvalue weighted by atomic mass is 79.9. The van der Waals surface area contributed by atoms with Crippen LogP contribution >= 0.6 is 50.7 Å². The van der Waals surface area contributed by atoms with Crippen LogP contribution in [0, 0.1) is 6.92 Å². The molecule has 12 heteroatoms. The maximum atomic E-state index is 13.1. The molecule has 0 saturated carbocycles. The number of amides is 2. The third kappa shape index (κ3) is 5.02. The zero-order valence-electron chi connectivity index (χ0n) is 16.2.